The zero-order chi connectivity index (χ0) is 9.19. The van der Waals surface area contributed by atoms with E-state index in [1.807, 2.05) is 16.8 Å². The molecular weight excluding hydrogens is 218 g/mol. The van der Waals surface area contributed by atoms with Crippen LogP contribution in [0.1, 0.15) is 5.56 Å². The molecule has 0 saturated carbocycles. The minimum Gasteiger partial charge on any atom is -0.195 e. The molecule has 1 aromatic heterocycles. The summed E-state index contributed by atoms with van der Waals surface area (Å²) in [5, 5.41) is 3.78. The Morgan fingerprint density at radius 3 is 2.75 bits per heavy atom. The second kappa shape index (κ2) is 3.74. The number of nitrogens with zero attached hydrogens (tertiary/aromatic N) is 1. The minimum absolute atomic E-state index is 0.329. The molecule has 0 aliphatic heterocycles. The highest BCUT2D eigenvalue weighted by atomic mass is 35.7. The van der Waals surface area contributed by atoms with Crippen LogP contribution >= 0.6 is 22.0 Å². The first-order valence-electron chi connectivity index (χ1n) is 3.17. The molecule has 3 nitrogen and oxygen atoms in total. The van der Waals surface area contributed by atoms with Crippen LogP contribution in [0.3, 0.4) is 0 Å². The van der Waals surface area contributed by atoms with Crippen LogP contribution in [-0.2, 0) is 15.8 Å². The standard InChI is InChI=1S/C6H8ClNO2S2/c1-8(12(7,9)10)4-6-2-3-11-5-6/h2-3,5H,4H2,1H3. The summed E-state index contributed by atoms with van der Waals surface area (Å²) in [5.74, 6) is 0. The molecule has 68 valence electrons. The molecule has 0 spiro atoms. The summed E-state index contributed by atoms with van der Waals surface area (Å²) in [7, 11) is 2.98. The summed E-state index contributed by atoms with van der Waals surface area (Å²) in [4.78, 5) is 0. The lowest BCUT2D eigenvalue weighted by molar-refractivity contribution is 0.481. The number of hydrogen-bond donors (Lipinski definition) is 0. The van der Waals surface area contributed by atoms with Crippen LogP contribution in [0, 0.1) is 0 Å². The van der Waals surface area contributed by atoms with E-state index in [-0.39, 0.29) is 0 Å². The van der Waals surface area contributed by atoms with Crippen LogP contribution in [0.15, 0.2) is 16.8 Å². The maximum Gasteiger partial charge on any atom is 0.299 e. The molecule has 1 heterocycles. The van der Waals surface area contributed by atoms with E-state index in [9.17, 15) is 8.42 Å². The largest absolute Gasteiger partial charge is 0.299 e. The Morgan fingerprint density at radius 1 is 1.67 bits per heavy atom. The molecule has 1 aromatic rings. The van der Waals surface area contributed by atoms with Crippen LogP contribution in [0.25, 0.3) is 0 Å². The van der Waals surface area contributed by atoms with Crippen LogP contribution in [-0.4, -0.2) is 19.8 Å². The Labute approximate surface area is 80.1 Å². The van der Waals surface area contributed by atoms with Gasteiger partial charge in [-0.05, 0) is 22.4 Å². The van der Waals surface area contributed by atoms with E-state index in [0.29, 0.717) is 6.54 Å². The Morgan fingerprint density at radius 2 is 2.33 bits per heavy atom. The van der Waals surface area contributed by atoms with Gasteiger partial charge in [0.15, 0.2) is 0 Å². The van der Waals surface area contributed by atoms with Crippen LogP contribution in [0.5, 0.6) is 0 Å². The molecule has 0 atom stereocenters. The third-order valence-electron chi connectivity index (χ3n) is 1.36. The van der Waals surface area contributed by atoms with Gasteiger partial charge in [0.2, 0.25) is 0 Å². The fourth-order valence-corrected chi connectivity index (χ4v) is 1.83. The van der Waals surface area contributed by atoms with Crippen molar-refractivity contribution < 1.29 is 8.42 Å². The molecule has 1 rings (SSSR count). The van der Waals surface area contributed by atoms with Crippen LogP contribution < -0.4 is 0 Å². The number of thiophene rings is 1. The molecule has 0 fully saturated rings. The first-order valence-corrected chi connectivity index (χ1v) is 6.38. The molecule has 12 heavy (non-hydrogen) atoms. The minimum atomic E-state index is -3.57. The predicted octanol–water partition coefficient (Wildman–Crippen LogP) is 1.66. The number of hydrogen-bond acceptors (Lipinski definition) is 3. The maximum atomic E-state index is 10.8. The van der Waals surface area contributed by atoms with E-state index in [4.69, 9.17) is 10.7 Å². The zero-order valence-corrected chi connectivity index (χ0v) is 8.79. The van der Waals surface area contributed by atoms with Crippen molar-refractivity contribution in [2.24, 2.45) is 0 Å². The molecule has 0 aromatic carbocycles. The van der Waals surface area contributed by atoms with Crippen LogP contribution in [0.4, 0.5) is 0 Å². The molecule has 0 N–H and O–H groups in total. The first-order chi connectivity index (χ1) is 5.50. The molecule has 0 unspecified atom stereocenters. The van der Waals surface area contributed by atoms with Gasteiger partial charge in [0.1, 0.15) is 0 Å². The monoisotopic (exact) mass is 225 g/mol. The summed E-state index contributed by atoms with van der Waals surface area (Å²) in [6.45, 7) is 0.329. The highest BCUT2D eigenvalue weighted by Gasteiger charge is 2.13. The van der Waals surface area contributed by atoms with E-state index in [0.717, 1.165) is 9.87 Å². The van der Waals surface area contributed by atoms with Crippen molar-refractivity contribution >= 4 is 31.3 Å². The van der Waals surface area contributed by atoms with Gasteiger partial charge in [-0.25, -0.2) is 0 Å². The summed E-state index contributed by atoms with van der Waals surface area (Å²) in [6, 6.07) is 1.86. The first kappa shape index (κ1) is 9.98. The highest BCUT2D eigenvalue weighted by Crippen LogP contribution is 2.12. The Balaban J connectivity index is 2.66. The topological polar surface area (TPSA) is 37.4 Å². The summed E-state index contributed by atoms with van der Waals surface area (Å²) >= 11 is 1.53. The van der Waals surface area contributed by atoms with Crippen molar-refractivity contribution in [3.63, 3.8) is 0 Å². The van der Waals surface area contributed by atoms with E-state index in [1.165, 1.54) is 18.4 Å². The molecule has 6 heteroatoms. The lowest BCUT2D eigenvalue weighted by Gasteiger charge is -2.09. The second-order valence-corrected chi connectivity index (χ2v) is 5.73. The van der Waals surface area contributed by atoms with Crippen molar-refractivity contribution in [1.82, 2.24) is 4.31 Å². The van der Waals surface area contributed by atoms with Gasteiger partial charge in [0, 0.05) is 24.3 Å². The quantitative estimate of drug-likeness (QED) is 0.734. The SMILES string of the molecule is CN(Cc1ccsc1)S(=O)(=O)Cl. The van der Waals surface area contributed by atoms with E-state index >= 15 is 0 Å². The van der Waals surface area contributed by atoms with Crippen molar-refractivity contribution in [3.05, 3.63) is 22.4 Å². The lowest BCUT2D eigenvalue weighted by Crippen LogP contribution is -2.21. The van der Waals surface area contributed by atoms with E-state index < -0.39 is 9.24 Å². The van der Waals surface area contributed by atoms with Gasteiger partial charge in [-0.1, -0.05) is 0 Å². The summed E-state index contributed by atoms with van der Waals surface area (Å²) in [6.07, 6.45) is 0. The van der Waals surface area contributed by atoms with Gasteiger partial charge < -0.3 is 0 Å². The number of rotatable bonds is 3. The maximum absolute atomic E-state index is 10.8. The molecule has 0 aliphatic rings. The highest BCUT2D eigenvalue weighted by molar-refractivity contribution is 8.11. The van der Waals surface area contributed by atoms with Gasteiger partial charge in [0.25, 0.3) is 9.24 Å². The zero-order valence-electron chi connectivity index (χ0n) is 6.40. The second-order valence-electron chi connectivity index (χ2n) is 2.33. The Bertz CT molecular complexity index is 332. The van der Waals surface area contributed by atoms with Gasteiger partial charge in [0.05, 0.1) is 0 Å². The molecule has 0 aliphatic carbocycles. The molecule has 0 bridgehead atoms. The fraction of sp³-hybridized carbons (Fsp3) is 0.333. The van der Waals surface area contributed by atoms with Gasteiger partial charge >= 0.3 is 0 Å². The average Bonchev–Trinajstić information content (AvgIpc) is 2.37. The van der Waals surface area contributed by atoms with Crippen molar-refractivity contribution in [2.45, 2.75) is 6.54 Å². The third kappa shape index (κ3) is 2.75. The normalized spacial score (nSPS) is 12.2. The van der Waals surface area contributed by atoms with Crippen molar-refractivity contribution in [1.29, 1.82) is 0 Å². The molecule has 0 amide bonds. The lowest BCUT2D eigenvalue weighted by atomic mass is 10.3. The van der Waals surface area contributed by atoms with E-state index in [1.54, 1.807) is 0 Å². The molecule has 0 radical (unpaired) electrons. The Kier molecular flexibility index (Phi) is 3.11. The van der Waals surface area contributed by atoms with Crippen LogP contribution in [0.2, 0.25) is 0 Å². The van der Waals surface area contributed by atoms with Gasteiger partial charge in [-0.3, -0.25) is 0 Å². The van der Waals surface area contributed by atoms with Gasteiger partial charge in [-0.15, -0.1) is 0 Å². The smallest absolute Gasteiger partial charge is 0.195 e. The molecular formula is C6H8ClNO2S2. The summed E-state index contributed by atoms with van der Waals surface area (Å²) in [5.41, 5.74) is 0.951. The fourth-order valence-electron chi connectivity index (χ4n) is 0.717. The average molecular weight is 226 g/mol. The summed E-state index contributed by atoms with van der Waals surface area (Å²) < 4.78 is 22.6. The number of halogens is 1. The van der Waals surface area contributed by atoms with Gasteiger partial charge in [-0.2, -0.15) is 24.1 Å². The third-order valence-corrected chi connectivity index (χ3v) is 3.67. The van der Waals surface area contributed by atoms with Crippen molar-refractivity contribution in [3.8, 4) is 0 Å². The van der Waals surface area contributed by atoms with E-state index in [2.05, 4.69) is 0 Å². The predicted molar refractivity (Wildman–Crippen MR) is 50.6 cm³/mol. The Hall–Kier alpha value is -0.100. The molecule has 0 saturated heterocycles. The van der Waals surface area contributed by atoms with Crippen molar-refractivity contribution in [2.75, 3.05) is 7.05 Å².